The van der Waals surface area contributed by atoms with Crippen LogP contribution in [0.5, 0.6) is 0 Å². The number of fused-ring (bicyclic) bond motifs is 3. The number of ether oxygens (including phenoxy) is 2. The number of rotatable bonds is 7. The molecule has 1 aromatic carbocycles. The number of allylic oxidation sites excluding steroid dienone is 2. The number of amides is 2. The summed E-state index contributed by atoms with van der Waals surface area (Å²) in [6, 6.07) is 9.10. The molecule has 6 rings (SSSR count). The molecule has 50 heavy (non-hydrogen) atoms. The third-order valence-corrected chi connectivity index (χ3v) is 11.7. The fourth-order valence-electron chi connectivity index (χ4n) is 8.57. The zero-order valence-corrected chi connectivity index (χ0v) is 32.5. The van der Waals surface area contributed by atoms with Crippen molar-refractivity contribution < 1.29 is 19.1 Å². The number of hydrogen-bond acceptors (Lipinski definition) is 6. The van der Waals surface area contributed by atoms with Gasteiger partial charge in [-0.1, -0.05) is 24.3 Å². The van der Waals surface area contributed by atoms with Crippen LogP contribution in [0.1, 0.15) is 145 Å². The fourth-order valence-corrected chi connectivity index (χ4v) is 8.57. The topological polar surface area (TPSA) is 83.8 Å². The van der Waals surface area contributed by atoms with Gasteiger partial charge in [0, 0.05) is 36.9 Å². The first-order valence-electron chi connectivity index (χ1n) is 18.9. The Morgan fingerprint density at radius 1 is 0.740 bits per heavy atom. The van der Waals surface area contributed by atoms with Crippen LogP contribution in [-0.2, 0) is 14.9 Å². The third-order valence-electron chi connectivity index (χ3n) is 11.7. The Morgan fingerprint density at radius 3 is 1.70 bits per heavy atom. The second-order valence-electron chi connectivity index (χ2n) is 17.5. The van der Waals surface area contributed by atoms with Gasteiger partial charge in [0.15, 0.2) is 0 Å². The predicted octanol–water partition coefficient (Wildman–Crippen LogP) is 10.3. The van der Waals surface area contributed by atoms with Crippen molar-refractivity contribution in [3.63, 3.8) is 0 Å². The molecule has 3 aliphatic carbocycles. The summed E-state index contributed by atoms with van der Waals surface area (Å²) >= 11 is 0. The molecule has 0 N–H and O–H groups in total. The van der Waals surface area contributed by atoms with Gasteiger partial charge < -0.3 is 9.47 Å². The molecule has 0 unspecified atom stereocenters. The van der Waals surface area contributed by atoms with Gasteiger partial charge in [0.25, 0.3) is 0 Å². The molecule has 2 atom stereocenters. The minimum atomic E-state index is -0.513. The van der Waals surface area contributed by atoms with Crippen LogP contribution in [0, 0.1) is 5.41 Å². The lowest BCUT2D eigenvalue weighted by atomic mass is 9.50. The highest BCUT2D eigenvalue weighted by Gasteiger charge is 2.50. The van der Waals surface area contributed by atoms with Gasteiger partial charge in [0.05, 0.1) is 12.1 Å². The summed E-state index contributed by atoms with van der Waals surface area (Å²) in [4.78, 5) is 39.2. The maximum absolute atomic E-state index is 12.9. The van der Waals surface area contributed by atoms with Gasteiger partial charge in [-0.3, -0.25) is 19.8 Å². The summed E-state index contributed by atoms with van der Waals surface area (Å²) in [7, 11) is 0. The van der Waals surface area contributed by atoms with Crippen LogP contribution in [0.4, 0.5) is 9.59 Å². The summed E-state index contributed by atoms with van der Waals surface area (Å²) in [6.07, 6.45) is 14.4. The second kappa shape index (κ2) is 14.7. The molecule has 5 aliphatic rings. The number of benzene rings is 1. The number of nitrogens with zero attached hydrogens (tertiary/aromatic N) is 4. The van der Waals surface area contributed by atoms with Crippen LogP contribution in [0.3, 0.4) is 0 Å². The maximum Gasteiger partial charge on any atom is 0.410 e. The smallest absolute Gasteiger partial charge is 0.410 e. The van der Waals surface area contributed by atoms with Crippen molar-refractivity contribution in [2.24, 2.45) is 15.4 Å². The van der Waals surface area contributed by atoms with E-state index < -0.39 is 11.2 Å². The molecule has 3 saturated carbocycles. The van der Waals surface area contributed by atoms with E-state index in [1.807, 2.05) is 64.5 Å². The number of likely N-dealkylation sites (tertiary alicyclic amines) is 2. The maximum atomic E-state index is 12.9. The summed E-state index contributed by atoms with van der Waals surface area (Å²) in [5.41, 5.74) is 6.51. The SMILES string of the molecule is C/C(=C\N=C(/C)[C@@H]1CCCN1C(=O)OC(C)(C)C)c1cccc(C23CCC(/C(C)=C/N=C(\C)[C@@H]4CCCN4C(=O)OC(C)(C)C)(CC2)CC3)c1. The predicted molar refractivity (Wildman–Crippen MR) is 204 cm³/mol. The Bertz CT molecular complexity index is 1530. The first-order chi connectivity index (χ1) is 23.4. The van der Waals surface area contributed by atoms with E-state index in [-0.39, 0.29) is 35.1 Å². The summed E-state index contributed by atoms with van der Waals surface area (Å²) in [6.45, 7) is 21.4. The van der Waals surface area contributed by atoms with Crippen molar-refractivity contribution in [3.8, 4) is 0 Å². The molecule has 5 fully saturated rings. The van der Waals surface area contributed by atoms with Crippen LogP contribution in [0.2, 0.25) is 0 Å². The van der Waals surface area contributed by atoms with E-state index in [1.54, 1.807) is 0 Å². The fraction of sp³-hybridized carbons (Fsp3) is 0.667. The zero-order chi connectivity index (χ0) is 36.5. The van der Waals surface area contributed by atoms with Crippen molar-refractivity contribution in [2.75, 3.05) is 13.1 Å². The van der Waals surface area contributed by atoms with Crippen LogP contribution < -0.4 is 0 Å². The summed E-state index contributed by atoms with van der Waals surface area (Å²) in [5.74, 6) is 0. The minimum absolute atomic E-state index is 0.00536. The van der Waals surface area contributed by atoms with Gasteiger partial charge in [-0.05, 0) is 167 Å². The van der Waals surface area contributed by atoms with Crippen molar-refractivity contribution >= 4 is 29.2 Å². The van der Waals surface area contributed by atoms with Crippen molar-refractivity contribution in [1.82, 2.24) is 9.80 Å². The van der Waals surface area contributed by atoms with Crippen LogP contribution in [0.15, 0.2) is 52.2 Å². The van der Waals surface area contributed by atoms with E-state index in [0.717, 1.165) is 49.2 Å². The Labute approximate surface area is 301 Å². The highest BCUT2D eigenvalue weighted by atomic mass is 16.6. The average molecular weight is 687 g/mol. The molecule has 2 saturated heterocycles. The molecule has 2 bridgehead atoms. The molecule has 8 nitrogen and oxygen atoms in total. The van der Waals surface area contributed by atoms with Crippen LogP contribution in [0.25, 0.3) is 5.57 Å². The number of carbonyl (C=O) groups is 2. The van der Waals surface area contributed by atoms with E-state index in [4.69, 9.17) is 19.5 Å². The molecule has 1 aromatic rings. The Balaban J connectivity index is 1.23. The van der Waals surface area contributed by atoms with E-state index >= 15 is 0 Å². The lowest BCUT2D eigenvalue weighted by molar-refractivity contribution is 0.0255. The van der Waals surface area contributed by atoms with Gasteiger partial charge in [-0.25, -0.2) is 9.59 Å². The monoisotopic (exact) mass is 686 g/mol. The molecular formula is C42H62N4O4. The van der Waals surface area contributed by atoms with E-state index in [1.165, 1.54) is 55.2 Å². The standard InChI is InChI=1S/C42H62N4O4/c1-29(27-43-31(3)35-16-12-24-45(35)37(47)49-39(5,6)7)33-14-11-15-34(26-33)42-21-18-41(19-22-42,20-23-42)30(2)28-44-32(4)36-17-13-25-46(36)38(48)50-40(8,9)10/h11,14-15,26-28,35-36H,12-13,16-25H2,1-10H3/b29-27+,30-28+,43-31+,44-32+/t35-,36-,41?,42?/m0/s1. The molecule has 0 radical (unpaired) electrons. The van der Waals surface area contributed by atoms with Crippen LogP contribution >= 0.6 is 0 Å². The molecular weight excluding hydrogens is 624 g/mol. The Hall–Kier alpha value is -3.42. The van der Waals surface area contributed by atoms with Gasteiger partial charge in [-0.15, -0.1) is 0 Å². The molecule has 0 spiro atoms. The molecule has 8 heteroatoms. The second-order valence-corrected chi connectivity index (χ2v) is 17.5. The minimum Gasteiger partial charge on any atom is -0.444 e. The van der Waals surface area contributed by atoms with Gasteiger partial charge in [-0.2, -0.15) is 0 Å². The number of carbonyl (C=O) groups excluding carboxylic acids is 2. The van der Waals surface area contributed by atoms with Crippen molar-refractivity contribution in [1.29, 1.82) is 0 Å². The molecule has 2 heterocycles. The van der Waals surface area contributed by atoms with Gasteiger partial charge >= 0.3 is 12.2 Å². The molecule has 274 valence electrons. The Morgan fingerprint density at radius 2 is 1.22 bits per heavy atom. The summed E-state index contributed by atoms with van der Waals surface area (Å²) in [5, 5.41) is 0. The van der Waals surface area contributed by atoms with Crippen molar-refractivity contribution in [2.45, 2.75) is 162 Å². The zero-order valence-electron chi connectivity index (χ0n) is 32.5. The lowest BCUT2D eigenvalue weighted by Crippen LogP contribution is -2.44. The van der Waals surface area contributed by atoms with Crippen LogP contribution in [-0.4, -0.2) is 69.8 Å². The normalized spacial score (nSPS) is 28.4. The lowest BCUT2D eigenvalue weighted by Gasteiger charge is -2.54. The van der Waals surface area contributed by atoms with Gasteiger partial charge in [0.2, 0.25) is 0 Å². The first-order valence-corrected chi connectivity index (χ1v) is 18.9. The summed E-state index contributed by atoms with van der Waals surface area (Å²) < 4.78 is 11.3. The average Bonchev–Trinajstić information content (AvgIpc) is 3.76. The van der Waals surface area contributed by atoms with Gasteiger partial charge in [0.1, 0.15) is 11.2 Å². The van der Waals surface area contributed by atoms with E-state index in [2.05, 4.69) is 51.2 Å². The van der Waals surface area contributed by atoms with E-state index in [9.17, 15) is 9.59 Å². The Kier molecular flexibility index (Phi) is 11.1. The van der Waals surface area contributed by atoms with Crippen molar-refractivity contribution in [3.05, 3.63) is 53.4 Å². The number of hydrogen-bond donors (Lipinski definition) is 0. The first kappa shape index (κ1) is 37.8. The van der Waals surface area contributed by atoms with E-state index in [0.29, 0.717) is 6.54 Å². The highest BCUT2D eigenvalue weighted by molar-refractivity contribution is 5.92. The largest absolute Gasteiger partial charge is 0.444 e. The molecule has 2 aliphatic heterocycles. The molecule has 2 amide bonds. The third kappa shape index (κ3) is 8.54. The molecule has 0 aromatic heterocycles. The quantitative estimate of drug-likeness (QED) is 0.267. The number of aliphatic imine (C=N–C) groups is 2. The highest BCUT2D eigenvalue weighted by Crippen LogP contribution is 2.60.